The van der Waals surface area contributed by atoms with E-state index in [4.69, 9.17) is 10.5 Å². The molecule has 25 heavy (non-hydrogen) atoms. The van der Waals surface area contributed by atoms with Crippen LogP contribution in [0.25, 0.3) is 0 Å². The lowest BCUT2D eigenvalue weighted by Gasteiger charge is -2.11. The molecule has 1 heterocycles. The number of rotatable bonds is 7. The van der Waals surface area contributed by atoms with Gasteiger partial charge in [0.05, 0.1) is 6.54 Å². The highest BCUT2D eigenvalue weighted by atomic mass is 16.5. The summed E-state index contributed by atoms with van der Waals surface area (Å²) >= 11 is 0. The van der Waals surface area contributed by atoms with Crippen LogP contribution in [0.1, 0.15) is 16.7 Å². The second-order valence-corrected chi connectivity index (χ2v) is 6.36. The van der Waals surface area contributed by atoms with Crippen LogP contribution in [0, 0.1) is 13.8 Å². The van der Waals surface area contributed by atoms with E-state index in [1.54, 1.807) is 6.20 Å². The van der Waals surface area contributed by atoms with Gasteiger partial charge in [0.25, 0.3) is 0 Å². The maximum atomic E-state index is 5.99. The normalized spacial score (nSPS) is 11.6. The molecule has 1 aromatic heterocycles. The molecule has 0 unspecified atom stereocenters. The Kier molecular flexibility index (Phi) is 6.77. The average Bonchev–Trinajstić information content (AvgIpc) is 2.52. The van der Waals surface area contributed by atoms with Gasteiger partial charge in [-0.25, -0.2) is 9.98 Å². The van der Waals surface area contributed by atoms with Gasteiger partial charge >= 0.3 is 0 Å². The molecule has 6 nitrogen and oxygen atoms in total. The third-order valence-corrected chi connectivity index (χ3v) is 3.51. The number of aliphatic imine (C=N–C) groups is 1. The van der Waals surface area contributed by atoms with E-state index < -0.39 is 0 Å². The van der Waals surface area contributed by atoms with Gasteiger partial charge in [-0.15, -0.1) is 0 Å². The summed E-state index contributed by atoms with van der Waals surface area (Å²) in [7, 11) is 4.01. The van der Waals surface area contributed by atoms with Gasteiger partial charge in [-0.3, -0.25) is 0 Å². The topological polar surface area (TPSA) is 75.8 Å². The molecule has 0 radical (unpaired) electrons. The molecule has 0 saturated carbocycles. The van der Waals surface area contributed by atoms with Gasteiger partial charge in [0.2, 0.25) is 5.88 Å². The zero-order valence-electron chi connectivity index (χ0n) is 15.4. The van der Waals surface area contributed by atoms with Gasteiger partial charge in [-0.05, 0) is 62.8 Å². The molecule has 0 aliphatic carbocycles. The molecule has 0 saturated heterocycles. The number of nitrogens with one attached hydrogen (secondary N) is 1. The molecule has 6 heteroatoms. The molecule has 0 spiro atoms. The molecule has 134 valence electrons. The van der Waals surface area contributed by atoms with Gasteiger partial charge in [-0.1, -0.05) is 6.07 Å². The van der Waals surface area contributed by atoms with Gasteiger partial charge < -0.3 is 20.7 Å². The highest BCUT2D eigenvalue weighted by molar-refractivity contribution is 5.92. The number of aromatic nitrogens is 1. The first-order valence-corrected chi connectivity index (χ1v) is 8.30. The van der Waals surface area contributed by atoms with Crippen molar-refractivity contribution in [3.05, 3.63) is 53.2 Å². The minimum atomic E-state index is 0.386. The fourth-order valence-electron chi connectivity index (χ4n) is 2.37. The van der Waals surface area contributed by atoms with E-state index >= 15 is 0 Å². The van der Waals surface area contributed by atoms with Crippen molar-refractivity contribution in [2.24, 2.45) is 10.7 Å². The molecule has 3 N–H and O–H groups in total. The Labute approximate surface area is 149 Å². The molecule has 1 aromatic carbocycles. The van der Waals surface area contributed by atoms with Crippen LogP contribution in [0.2, 0.25) is 0 Å². The lowest BCUT2D eigenvalue weighted by Crippen LogP contribution is -2.22. The van der Waals surface area contributed by atoms with Crippen LogP contribution in [0.15, 0.2) is 41.5 Å². The lowest BCUT2D eigenvalue weighted by molar-refractivity contribution is 0.253. The van der Waals surface area contributed by atoms with Crippen LogP contribution in [-0.2, 0) is 6.54 Å². The highest BCUT2D eigenvalue weighted by Gasteiger charge is 2.01. The fourth-order valence-corrected chi connectivity index (χ4v) is 2.37. The Morgan fingerprint density at radius 2 is 1.92 bits per heavy atom. The van der Waals surface area contributed by atoms with Crippen molar-refractivity contribution < 1.29 is 4.74 Å². The van der Waals surface area contributed by atoms with Crippen LogP contribution in [0.3, 0.4) is 0 Å². The van der Waals surface area contributed by atoms with Gasteiger partial charge in [-0.2, -0.15) is 0 Å². The molecule has 2 rings (SSSR count). The fraction of sp³-hybridized carbons (Fsp3) is 0.368. The Morgan fingerprint density at radius 1 is 1.20 bits per heavy atom. The first-order valence-electron chi connectivity index (χ1n) is 8.30. The average molecular weight is 341 g/mol. The predicted molar refractivity (Wildman–Crippen MR) is 103 cm³/mol. The number of aryl methyl sites for hydroxylation is 2. The van der Waals surface area contributed by atoms with Crippen molar-refractivity contribution in [2.45, 2.75) is 20.4 Å². The lowest BCUT2D eigenvalue weighted by atomic mass is 10.1. The number of pyridine rings is 1. The summed E-state index contributed by atoms with van der Waals surface area (Å²) < 4.78 is 5.64. The summed E-state index contributed by atoms with van der Waals surface area (Å²) in [4.78, 5) is 10.7. The van der Waals surface area contributed by atoms with E-state index in [-0.39, 0.29) is 0 Å². The number of nitrogens with two attached hydrogens (primary N) is 1. The molecule has 0 aliphatic heterocycles. The number of ether oxygens (including phenoxy) is 1. The van der Waals surface area contributed by atoms with Crippen molar-refractivity contribution in [2.75, 3.05) is 32.6 Å². The second-order valence-electron chi connectivity index (χ2n) is 6.36. The standard InChI is InChI=1S/C19H27N5O/c1-14-9-15(2)11-17(10-14)23-19(20)22-13-16-5-6-21-18(12-16)25-8-7-24(3)4/h5-6,9-12H,7-8,13H2,1-4H3,(H3,20,22,23). The van der Waals surface area contributed by atoms with E-state index in [2.05, 4.69) is 40.1 Å². The number of likely N-dealkylation sites (N-methyl/N-ethyl adjacent to an activating group) is 1. The number of nitrogens with zero attached hydrogens (tertiary/aromatic N) is 3. The van der Waals surface area contributed by atoms with Crippen molar-refractivity contribution in [1.82, 2.24) is 9.88 Å². The van der Waals surface area contributed by atoms with Crippen molar-refractivity contribution in [3.63, 3.8) is 0 Å². The molecular formula is C19H27N5O. The van der Waals surface area contributed by atoms with E-state index in [0.717, 1.165) is 17.8 Å². The van der Waals surface area contributed by atoms with E-state index in [1.165, 1.54) is 11.1 Å². The number of benzene rings is 1. The molecule has 0 atom stereocenters. The summed E-state index contributed by atoms with van der Waals surface area (Å²) in [5, 5.41) is 3.13. The van der Waals surface area contributed by atoms with Crippen LogP contribution in [0.4, 0.5) is 5.69 Å². The van der Waals surface area contributed by atoms with Crippen molar-refractivity contribution in [1.29, 1.82) is 0 Å². The number of anilines is 1. The number of guanidine groups is 1. The number of hydrogen-bond donors (Lipinski definition) is 2. The maximum absolute atomic E-state index is 5.99. The van der Waals surface area contributed by atoms with E-state index in [0.29, 0.717) is 25.0 Å². The molecule has 0 amide bonds. The van der Waals surface area contributed by atoms with E-state index in [9.17, 15) is 0 Å². The third-order valence-electron chi connectivity index (χ3n) is 3.51. The molecule has 0 fully saturated rings. The molecule has 2 aromatic rings. The minimum absolute atomic E-state index is 0.386. The summed E-state index contributed by atoms with van der Waals surface area (Å²) in [6.07, 6.45) is 1.73. The quantitative estimate of drug-likeness (QED) is 0.598. The highest BCUT2D eigenvalue weighted by Crippen LogP contribution is 2.14. The van der Waals surface area contributed by atoms with Gasteiger partial charge in [0, 0.05) is 24.5 Å². The zero-order valence-corrected chi connectivity index (χ0v) is 15.4. The molecule has 0 aliphatic rings. The smallest absolute Gasteiger partial charge is 0.213 e. The van der Waals surface area contributed by atoms with E-state index in [1.807, 2.05) is 38.4 Å². The van der Waals surface area contributed by atoms with Crippen LogP contribution in [0.5, 0.6) is 5.88 Å². The molecular weight excluding hydrogens is 314 g/mol. The Bertz CT molecular complexity index is 707. The SMILES string of the molecule is Cc1cc(C)cc(NC(N)=NCc2ccnc(OCCN(C)C)c2)c1. The summed E-state index contributed by atoms with van der Waals surface area (Å²) in [6.45, 7) is 6.02. The Hall–Kier alpha value is -2.60. The summed E-state index contributed by atoms with van der Waals surface area (Å²) in [6, 6.07) is 10.00. The first kappa shape index (κ1) is 18.7. The van der Waals surface area contributed by atoms with Gasteiger partial charge in [0.15, 0.2) is 5.96 Å². The third kappa shape index (κ3) is 6.81. The second kappa shape index (κ2) is 9.03. The minimum Gasteiger partial charge on any atom is -0.476 e. The van der Waals surface area contributed by atoms with Crippen molar-refractivity contribution >= 4 is 11.6 Å². The van der Waals surface area contributed by atoms with Crippen LogP contribution >= 0.6 is 0 Å². The predicted octanol–water partition coefficient (Wildman–Crippen LogP) is 2.57. The summed E-state index contributed by atoms with van der Waals surface area (Å²) in [5.41, 5.74) is 10.3. The Balaban J connectivity index is 1.93. The zero-order chi connectivity index (χ0) is 18.2. The number of hydrogen-bond acceptors (Lipinski definition) is 4. The van der Waals surface area contributed by atoms with Crippen LogP contribution in [-0.4, -0.2) is 43.1 Å². The first-order chi connectivity index (χ1) is 11.9. The maximum Gasteiger partial charge on any atom is 0.213 e. The molecule has 0 bridgehead atoms. The monoisotopic (exact) mass is 341 g/mol. The Morgan fingerprint density at radius 3 is 2.60 bits per heavy atom. The van der Waals surface area contributed by atoms with Crippen LogP contribution < -0.4 is 15.8 Å². The largest absolute Gasteiger partial charge is 0.476 e. The van der Waals surface area contributed by atoms with Gasteiger partial charge in [0.1, 0.15) is 6.61 Å². The summed E-state index contributed by atoms with van der Waals surface area (Å²) in [5.74, 6) is 0.993. The van der Waals surface area contributed by atoms with Crippen molar-refractivity contribution in [3.8, 4) is 5.88 Å².